The number of aromatic nitrogens is 3. The highest BCUT2D eigenvalue weighted by Crippen LogP contribution is 2.25. The minimum atomic E-state index is -0.111. The van der Waals surface area contributed by atoms with Crippen LogP contribution in [0.3, 0.4) is 0 Å². The first kappa shape index (κ1) is 19.4. The number of benzene rings is 1. The average molecular weight is 421 g/mol. The molecule has 154 valence electrons. The lowest BCUT2D eigenvalue weighted by molar-refractivity contribution is 0.0375. The third kappa shape index (κ3) is 3.88. The van der Waals surface area contributed by atoms with Gasteiger partial charge in [-0.25, -0.2) is 4.98 Å². The summed E-state index contributed by atoms with van der Waals surface area (Å²) in [5, 5.41) is 3.80. The lowest BCUT2D eigenvalue weighted by atomic mass is 10.0. The molecule has 4 aromatic rings. The Balaban J connectivity index is 1.41. The van der Waals surface area contributed by atoms with Crippen molar-refractivity contribution in [1.82, 2.24) is 19.9 Å². The third-order valence-corrected chi connectivity index (χ3v) is 6.55. The van der Waals surface area contributed by atoms with Crippen LogP contribution in [-0.4, -0.2) is 52.7 Å². The number of ether oxygens (including phenoxy) is 1. The molecule has 4 heterocycles. The topological polar surface area (TPSA) is 71.1 Å². The van der Waals surface area contributed by atoms with E-state index in [0.29, 0.717) is 16.9 Å². The van der Waals surface area contributed by atoms with Crippen molar-refractivity contribution in [2.45, 2.75) is 19.8 Å². The van der Waals surface area contributed by atoms with Crippen LogP contribution < -0.4 is 5.56 Å². The fourth-order valence-electron chi connectivity index (χ4n) is 4.08. The second kappa shape index (κ2) is 8.26. The second-order valence-electron chi connectivity index (χ2n) is 7.81. The standard InChI is InChI=1S/C23H24N4O2S/c1-15-11-16(3-2-5-27-6-8-29-9-7-27)12-18-21(15)25-22(26-23(18)28)19-13-17-4-10-30-20(17)14-24-19/h4,10-14H,2-3,5-9H2,1H3,(H,25,26,28). The predicted molar refractivity (Wildman–Crippen MR) is 121 cm³/mol. The first-order valence-electron chi connectivity index (χ1n) is 10.3. The number of aromatic amines is 1. The number of nitrogens with one attached hydrogen (secondary N) is 1. The largest absolute Gasteiger partial charge is 0.379 e. The number of hydrogen-bond donors (Lipinski definition) is 1. The summed E-state index contributed by atoms with van der Waals surface area (Å²) >= 11 is 1.65. The van der Waals surface area contributed by atoms with Crippen molar-refractivity contribution < 1.29 is 4.74 Å². The maximum Gasteiger partial charge on any atom is 0.259 e. The van der Waals surface area contributed by atoms with Gasteiger partial charge in [0.1, 0.15) is 5.69 Å². The maximum atomic E-state index is 12.9. The van der Waals surface area contributed by atoms with Crippen LogP contribution in [0.15, 0.2) is 40.6 Å². The Morgan fingerprint density at radius 1 is 1.23 bits per heavy atom. The van der Waals surface area contributed by atoms with Gasteiger partial charge in [-0.1, -0.05) is 6.07 Å². The van der Waals surface area contributed by atoms with Crippen molar-refractivity contribution in [1.29, 1.82) is 0 Å². The van der Waals surface area contributed by atoms with Crippen LogP contribution >= 0.6 is 11.3 Å². The second-order valence-corrected chi connectivity index (χ2v) is 8.76. The van der Waals surface area contributed by atoms with E-state index in [2.05, 4.69) is 27.0 Å². The quantitative estimate of drug-likeness (QED) is 0.532. The lowest BCUT2D eigenvalue weighted by Gasteiger charge is -2.26. The number of pyridine rings is 1. The van der Waals surface area contributed by atoms with Crippen molar-refractivity contribution >= 4 is 32.3 Å². The Kier molecular flexibility index (Phi) is 5.33. The summed E-state index contributed by atoms with van der Waals surface area (Å²) in [5.41, 5.74) is 3.54. The molecule has 1 aliphatic rings. The molecule has 1 aliphatic heterocycles. The number of aryl methyl sites for hydroxylation is 2. The first-order chi connectivity index (χ1) is 14.7. The van der Waals surface area contributed by atoms with Crippen LogP contribution in [0.25, 0.3) is 32.5 Å². The molecule has 1 fully saturated rings. The summed E-state index contributed by atoms with van der Waals surface area (Å²) in [7, 11) is 0. The molecule has 0 radical (unpaired) electrons. The molecule has 6 nitrogen and oxygen atoms in total. The zero-order valence-electron chi connectivity index (χ0n) is 17.0. The molecule has 5 rings (SSSR count). The van der Waals surface area contributed by atoms with E-state index in [0.717, 1.165) is 66.9 Å². The van der Waals surface area contributed by atoms with E-state index < -0.39 is 0 Å². The summed E-state index contributed by atoms with van der Waals surface area (Å²) in [6, 6.07) is 8.18. The van der Waals surface area contributed by atoms with E-state index >= 15 is 0 Å². The molecular formula is C23H24N4O2S. The van der Waals surface area contributed by atoms with Gasteiger partial charge in [-0.2, -0.15) is 0 Å². The van der Waals surface area contributed by atoms with E-state index in [9.17, 15) is 4.79 Å². The molecule has 3 aromatic heterocycles. The van der Waals surface area contributed by atoms with Gasteiger partial charge >= 0.3 is 0 Å². The predicted octanol–water partition coefficient (Wildman–Crippen LogP) is 3.77. The zero-order valence-corrected chi connectivity index (χ0v) is 17.8. The van der Waals surface area contributed by atoms with Crippen molar-refractivity contribution in [3.05, 3.63) is 57.3 Å². The number of hydrogen-bond acceptors (Lipinski definition) is 6. The number of nitrogens with zero attached hydrogens (tertiary/aromatic N) is 3. The van der Waals surface area contributed by atoms with Crippen molar-refractivity contribution in [2.75, 3.05) is 32.8 Å². The highest BCUT2D eigenvalue weighted by Gasteiger charge is 2.13. The van der Waals surface area contributed by atoms with Crippen LogP contribution in [0.1, 0.15) is 17.5 Å². The van der Waals surface area contributed by atoms with Crippen molar-refractivity contribution in [2.24, 2.45) is 0 Å². The Labute approximate surface area is 178 Å². The minimum absolute atomic E-state index is 0.111. The molecule has 0 atom stereocenters. The Morgan fingerprint density at radius 2 is 2.10 bits per heavy atom. The maximum absolute atomic E-state index is 12.9. The smallest absolute Gasteiger partial charge is 0.259 e. The van der Waals surface area contributed by atoms with Gasteiger partial charge in [-0.15, -0.1) is 11.3 Å². The Hall–Kier alpha value is -2.61. The highest BCUT2D eigenvalue weighted by molar-refractivity contribution is 7.17. The molecule has 1 aromatic carbocycles. The van der Waals surface area contributed by atoms with Gasteiger partial charge in [0.25, 0.3) is 5.56 Å². The molecule has 0 bridgehead atoms. The van der Waals surface area contributed by atoms with E-state index in [1.807, 2.05) is 30.6 Å². The Morgan fingerprint density at radius 3 is 2.97 bits per heavy atom. The summed E-state index contributed by atoms with van der Waals surface area (Å²) < 4.78 is 6.53. The first-order valence-corrected chi connectivity index (χ1v) is 11.2. The van der Waals surface area contributed by atoms with Gasteiger partial charge < -0.3 is 9.72 Å². The fraction of sp³-hybridized carbons (Fsp3) is 0.348. The molecule has 0 amide bonds. The van der Waals surface area contributed by atoms with Crippen molar-refractivity contribution in [3.63, 3.8) is 0 Å². The molecule has 1 N–H and O–H groups in total. The van der Waals surface area contributed by atoms with Gasteiger partial charge in [0.2, 0.25) is 0 Å². The van der Waals surface area contributed by atoms with Gasteiger partial charge in [-0.05, 0) is 66.4 Å². The lowest BCUT2D eigenvalue weighted by Crippen LogP contribution is -2.36. The summed E-state index contributed by atoms with van der Waals surface area (Å²) in [6.45, 7) is 6.76. The van der Waals surface area contributed by atoms with Crippen LogP contribution in [0.2, 0.25) is 0 Å². The van der Waals surface area contributed by atoms with Gasteiger partial charge in [0.15, 0.2) is 5.82 Å². The number of H-pyrrole nitrogens is 1. The minimum Gasteiger partial charge on any atom is -0.379 e. The van der Waals surface area contributed by atoms with E-state index in [-0.39, 0.29) is 5.56 Å². The van der Waals surface area contributed by atoms with Crippen LogP contribution in [0.5, 0.6) is 0 Å². The van der Waals surface area contributed by atoms with E-state index in [4.69, 9.17) is 9.72 Å². The van der Waals surface area contributed by atoms with Crippen LogP contribution in [0, 0.1) is 6.92 Å². The van der Waals surface area contributed by atoms with E-state index in [1.165, 1.54) is 5.56 Å². The Bertz CT molecular complexity index is 1260. The van der Waals surface area contributed by atoms with Crippen molar-refractivity contribution in [3.8, 4) is 11.5 Å². The summed E-state index contributed by atoms with van der Waals surface area (Å²) in [6.07, 6.45) is 3.86. The number of thiophene rings is 1. The number of morpholine rings is 1. The molecule has 7 heteroatoms. The number of fused-ring (bicyclic) bond motifs is 2. The molecule has 0 saturated carbocycles. The molecule has 1 saturated heterocycles. The SMILES string of the molecule is Cc1cc(CCCN2CCOCC2)cc2c(=O)[nH]c(-c3cc4ccsc4cn3)nc12. The molecule has 0 unspecified atom stereocenters. The zero-order chi connectivity index (χ0) is 20.5. The molecule has 0 spiro atoms. The molecular weight excluding hydrogens is 396 g/mol. The highest BCUT2D eigenvalue weighted by atomic mass is 32.1. The van der Waals surface area contributed by atoms with Gasteiger partial charge in [0, 0.05) is 19.3 Å². The fourth-order valence-corrected chi connectivity index (χ4v) is 4.82. The number of rotatable bonds is 5. The molecule has 0 aliphatic carbocycles. The van der Waals surface area contributed by atoms with E-state index in [1.54, 1.807) is 11.3 Å². The monoisotopic (exact) mass is 420 g/mol. The average Bonchev–Trinajstić information content (AvgIpc) is 3.23. The van der Waals surface area contributed by atoms with Crippen LogP contribution in [0.4, 0.5) is 0 Å². The normalized spacial score (nSPS) is 15.2. The summed E-state index contributed by atoms with van der Waals surface area (Å²) in [5.74, 6) is 0.517. The summed E-state index contributed by atoms with van der Waals surface area (Å²) in [4.78, 5) is 27.5. The van der Waals surface area contributed by atoms with Gasteiger partial charge in [-0.3, -0.25) is 14.7 Å². The molecule has 30 heavy (non-hydrogen) atoms. The third-order valence-electron chi connectivity index (χ3n) is 5.69. The van der Waals surface area contributed by atoms with Gasteiger partial charge in [0.05, 0.1) is 28.8 Å². The van der Waals surface area contributed by atoms with Crippen LogP contribution in [-0.2, 0) is 11.2 Å².